The maximum Gasteiger partial charge on any atom is 0.265 e. The smallest absolute Gasteiger partial charge is 0.265 e. The first-order valence-corrected chi connectivity index (χ1v) is 6.53. The van der Waals surface area contributed by atoms with Gasteiger partial charge in [-0.25, -0.2) is 0 Å². The monoisotopic (exact) mass is 290 g/mol. The summed E-state index contributed by atoms with van der Waals surface area (Å²) in [5, 5.41) is -0.534. The van der Waals surface area contributed by atoms with Crippen LogP contribution < -0.4 is 0 Å². The molecule has 0 unspecified atom stereocenters. The average Bonchev–Trinajstić information content (AvgIpc) is 2.39. The number of fused-ring (bicyclic) bond motifs is 2. The highest BCUT2D eigenvalue weighted by atomic mass is 35.5. The van der Waals surface area contributed by atoms with Crippen LogP contribution in [0.3, 0.4) is 0 Å². The molecule has 0 saturated carbocycles. The molecule has 1 aliphatic heterocycles. The first-order valence-electron chi connectivity index (χ1n) is 5.77. The van der Waals surface area contributed by atoms with Crippen LogP contribution in [0.25, 0.3) is 0 Å². The fourth-order valence-corrected chi connectivity index (χ4v) is 2.29. The second-order valence-electron chi connectivity index (χ2n) is 4.06. The largest absolute Gasteiger partial charge is 0.488 e. The van der Waals surface area contributed by atoms with Crippen molar-refractivity contribution in [3.8, 4) is 0 Å². The van der Waals surface area contributed by atoms with E-state index in [0.717, 1.165) is 25.7 Å². The van der Waals surface area contributed by atoms with Crippen LogP contribution in [0.5, 0.6) is 0 Å². The van der Waals surface area contributed by atoms with Crippen LogP contribution in [0.15, 0.2) is 21.6 Å². The molecular weight excluding hydrogens is 279 g/mol. The van der Waals surface area contributed by atoms with E-state index in [1.807, 2.05) is 0 Å². The van der Waals surface area contributed by atoms with Crippen molar-refractivity contribution in [2.45, 2.75) is 25.7 Å². The lowest BCUT2D eigenvalue weighted by atomic mass is 10.1. The van der Waals surface area contributed by atoms with Gasteiger partial charge in [-0.15, -0.1) is 0 Å². The second kappa shape index (κ2) is 5.76. The molecule has 1 fully saturated rings. The van der Waals surface area contributed by atoms with Gasteiger partial charge in [0, 0.05) is 0 Å². The molecule has 6 heteroatoms. The summed E-state index contributed by atoms with van der Waals surface area (Å²) in [6.45, 7) is 0.713. The highest BCUT2D eigenvalue weighted by Crippen LogP contribution is 2.31. The topological polar surface area (TPSA) is 52.6 Å². The Morgan fingerprint density at radius 3 is 1.61 bits per heavy atom. The van der Waals surface area contributed by atoms with E-state index in [0.29, 0.717) is 13.2 Å². The first-order chi connectivity index (χ1) is 8.63. The lowest BCUT2D eigenvalue weighted by Crippen LogP contribution is -2.23. The van der Waals surface area contributed by atoms with Crippen LogP contribution in [0, 0.1) is 0 Å². The molecule has 18 heavy (non-hydrogen) atoms. The molecule has 2 rings (SSSR count). The van der Waals surface area contributed by atoms with Gasteiger partial charge in [0.25, 0.3) is 5.78 Å². The number of Topliss-reactive ketones (excluding diaryl/α,β-unsaturated/α-hetero) is 2. The van der Waals surface area contributed by atoms with Gasteiger partial charge in [0.15, 0.2) is 11.5 Å². The molecular formula is C12H12Cl2O4. The van der Waals surface area contributed by atoms with Crippen molar-refractivity contribution in [2.24, 2.45) is 0 Å². The van der Waals surface area contributed by atoms with Crippen LogP contribution in [0.2, 0.25) is 0 Å². The molecule has 1 saturated heterocycles. The van der Waals surface area contributed by atoms with Crippen molar-refractivity contribution in [1.29, 1.82) is 0 Å². The Balaban J connectivity index is 2.35. The van der Waals surface area contributed by atoms with E-state index in [4.69, 9.17) is 32.7 Å². The minimum absolute atomic E-state index is 0.150. The summed E-state index contributed by atoms with van der Waals surface area (Å²) >= 11 is 11.6. The van der Waals surface area contributed by atoms with Crippen molar-refractivity contribution >= 4 is 34.8 Å². The molecule has 1 heterocycles. The summed E-state index contributed by atoms with van der Waals surface area (Å²) in [6, 6.07) is 0. The Bertz CT molecular complexity index is 413. The predicted molar refractivity (Wildman–Crippen MR) is 66.1 cm³/mol. The summed E-state index contributed by atoms with van der Waals surface area (Å²) in [5.74, 6) is -1.47. The Morgan fingerprint density at radius 2 is 1.17 bits per heavy atom. The molecule has 0 amide bonds. The third-order valence-electron chi connectivity index (χ3n) is 2.74. The average molecular weight is 291 g/mol. The molecule has 0 aromatic rings. The van der Waals surface area contributed by atoms with Crippen LogP contribution >= 0.6 is 23.2 Å². The van der Waals surface area contributed by atoms with Gasteiger partial charge in [-0.1, -0.05) is 23.2 Å². The van der Waals surface area contributed by atoms with Gasteiger partial charge in [-0.2, -0.15) is 0 Å². The van der Waals surface area contributed by atoms with Crippen LogP contribution in [-0.2, 0) is 19.1 Å². The zero-order valence-electron chi connectivity index (χ0n) is 9.63. The minimum Gasteiger partial charge on any atom is -0.488 e. The highest BCUT2D eigenvalue weighted by Gasteiger charge is 2.36. The zero-order valence-corrected chi connectivity index (χ0v) is 11.1. The third-order valence-corrected chi connectivity index (χ3v) is 3.43. The standard InChI is InChI=1S/C12H12Cl2O4/c13-7-9(15)8(14)12-10(16)11(7)17-5-3-1-2-4-6-18-12/h1-6H2. The fourth-order valence-electron chi connectivity index (χ4n) is 1.77. The summed E-state index contributed by atoms with van der Waals surface area (Å²) < 4.78 is 10.6. The Morgan fingerprint density at radius 1 is 0.722 bits per heavy atom. The molecule has 4 nitrogen and oxygen atoms in total. The molecule has 2 bridgehead atoms. The number of carbonyl (C=O) groups excluding carboxylic acids is 2. The summed E-state index contributed by atoms with van der Waals surface area (Å²) in [6.07, 6.45) is 3.57. The van der Waals surface area contributed by atoms with E-state index >= 15 is 0 Å². The maximum absolute atomic E-state index is 12.0. The number of allylic oxidation sites excluding steroid dienone is 2. The molecule has 98 valence electrons. The number of hydrogen-bond acceptors (Lipinski definition) is 4. The van der Waals surface area contributed by atoms with Crippen molar-refractivity contribution in [3.05, 3.63) is 21.6 Å². The van der Waals surface area contributed by atoms with Gasteiger partial charge >= 0.3 is 0 Å². The van der Waals surface area contributed by atoms with Gasteiger partial charge < -0.3 is 9.47 Å². The number of ether oxygens (including phenoxy) is 2. The molecule has 2 aliphatic rings. The van der Waals surface area contributed by atoms with Crippen LogP contribution in [0.1, 0.15) is 25.7 Å². The molecule has 0 aromatic heterocycles. The number of carbonyl (C=O) groups is 2. The normalized spacial score (nSPS) is 22.3. The molecule has 0 spiro atoms. The highest BCUT2D eigenvalue weighted by molar-refractivity contribution is 6.58. The van der Waals surface area contributed by atoms with E-state index in [2.05, 4.69) is 0 Å². The van der Waals surface area contributed by atoms with Crippen molar-refractivity contribution in [3.63, 3.8) is 0 Å². The Labute approximate surface area is 115 Å². The fraction of sp³-hybridized carbons (Fsp3) is 0.500. The van der Waals surface area contributed by atoms with Crippen LogP contribution in [0.4, 0.5) is 0 Å². The number of halogens is 2. The van der Waals surface area contributed by atoms with Crippen molar-refractivity contribution < 1.29 is 19.1 Å². The van der Waals surface area contributed by atoms with Crippen LogP contribution in [-0.4, -0.2) is 24.8 Å². The van der Waals surface area contributed by atoms with E-state index in [9.17, 15) is 9.59 Å². The molecule has 0 radical (unpaired) electrons. The van der Waals surface area contributed by atoms with Crippen molar-refractivity contribution in [1.82, 2.24) is 0 Å². The Hall–Kier alpha value is -1.00. The van der Waals surface area contributed by atoms with E-state index in [1.54, 1.807) is 0 Å². The van der Waals surface area contributed by atoms with Gasteiger partial charge in [-0.3, -0.25) is 9.59 Å². The summed E-state index contributed by atoms with van der Waals surface area (Å²) in [4.78, 5) is 23.8. The Kier molecular flexibility index (Phi) is 4.30. The lowest BCUT2D eigenvalue weighted by Gasteiger charge is -2.18. The third kappa shape index (κ3) is 2.54. The predicted octanol–water partition coefficient (Wildman–Crippen LogP) is 2.65. The van der Waals surface area contributed by atoms with Gasteiger partial charge in [-0.05, 0) is 25.7 Å². The minimum atomic E-state index is -0.623. The first kappa shape index (κ1) is 13.4. The summed E-state index contributed by atoms with van der Waals surface area (Å²) in [7, 11) is 0. The van der Waals surface area contributed by atoms with Gasteiger partial charge in [0.2, 0.25) is 5.78 Å². The van der Waals surface area contributed by atoms with E-state index < -0.39 is 11.6 Å². The molecule has 0 atom stereocenters. The SMILES string of the molecule is O=C1C(Cl)=C2OCCCCCCOC(=C1Cl)C2=O. The van der Waals surface area contributed by atoms with Gasteiger partial charge in [0.05, 0.1) is 13.2 Å². The molecule has 0 aromatic carbocycles. The quantitative estimate of drug-likeness (QED) is 0.644. The maximum atomic E-state index is 12.0. The molecule has 0 N–H and O–H groups in total. The number of ketones is 2. The summed E-state index contributed by atoms with van der Waals surface area (Å²) in [5.41, 5.74) is 0. The van der Waals surface area contributed by atoms with E-state index in [-0.39, 0.29) is 21.6 Å². The van der Waals surface area contributed by atoms with E-state index in [1.165, 1.54) is 0 Å². The zero-order chi connectivity index (χ0) is 13.1. The number of rotatable bonds is 0. The lowest BCUT2D eigenvalue weighted by molar-refractivity contribution is -0.121. The van der Waals surface area contributed by atoms with Crippen molar-refractivity contribution in [2.75, 3.05) is 13.2 Å². The molecule has 1 aliphatic carbocycles. The van der Waals surface area contributed by atoms with Gasteiger partial charge in [0.1, 0.15) is 10.1 Å². The number of hydrogen-bond donors (Lipinski definition) is 0. The second-order valence-corrected chi connectivity index (χ2v) is 4.81.